The number of aryl methyl sites for hydroxylation is 1. The first-order valence-corrected chi connectivity index (χ1v) is 8.87. The van der Waals surface area contributed by atoms with Crippen LogP contribution >= 0.6 is 0 Å². The fourth-order valence-corrected chi connectivity index (χ4v) is 3.17. The Morgan fingerprint density at radius 3 is 2.42 bits per heavy atom. The minimum absolute atomic E-state index is 0.0303. The largest absolute Gasteiger partial charge is 0.351 e. The fraction of sp³-hybridized carbons (Fsp3) is 0.556. The molecule has 6 nitrogen and oxygen atoms in total. The second kappa shape index (κ2) is 9.39. The summed E-state index contributed by atoms with van der Waals surface area (Å²) >= 11 is 0. The van der Waals surface area contributed by atoms with E-state index in [1.165, 1.54) is 15.4 Å². The van der Waals surface area contributed by atoms with Gasteiger partial charge in [0.05, 0.1) is 13.1 Å². The molecule has 1 aliphatic rings. The number of hydrogen-bond acceptors (Lipinski definition) is 2. The van der Waals surface area contributed by atoms with E-state index in [0.717, 1.165) is 51.4 Å². The van der Waals surface area contributed by atoms with Crippen LogP contribution in [0.15, 0.2) is 24.3 Å². The van der Waals surface area contributed by atoms with Gasteiger partial charge in [0, 0.05) is 12.6 Å². The Balaban J connectivity index is 1.71. The van der Waals surface area contributed by atoms with Crippen molar-refractivity contribution >= 4 is 17.5 Å². The highest BCUT2D eigenvalue weighted by atomic mass is 16.2. The number of quaternary nitrogens is 2. The molecule has 1 saturated heterocycles. The van der Waals surface area contributed by atoms with Crippen molar-refractivity contribution in [1.82, 2.24) is 5.32 Å². The monoisotopic (exact) mass is 334 g/mol. The van der Waals surface area contributed by atoms with Crippen LogP contribution in [0.3, 0.4) is 0 Å². The quantitative estimate of drug-likeness (QED) is 0.471. The van der Waals surface area contributed by atoms with E-state index in [-0.39, 0.29) is 11.8 Å². The summed E-state index contributed by atoms with van der Waals surface area (Å²) in [5, 5.41) is 5.90. The maximum Gasteiger partial charge on any atom is 0.279 e. The first-order chi connectivity index (χ1) is 11.6. The number of carbonyl (C=O) groups excluding carboxylic acids is 2. The third-order valence-electron chi connectivity index (χ3n) is 4.60. The molecule has 2 rings (SSSR count). The minimum atomic E-state index is 0.0303. The van der Waals surface area contributed by atoms with E-state index in [9.17, 15) is 9.59 Å². The molecule has 0 atom stereocenters. The highest BCUT2D eigenvalue weighted by molar-refractivity contribution is 5.92. The highest BCUT2D eigenvalue weighted by Crippen LogP contribution is 2.14. The first-order valence-electron chi connectivity index (χ1n) is 8.87. The van der Waals surface area contributed by atoms with E-state index in [1.807, 2.05) is 18.2 Å². The van der Waals surface area contributed by atoms with Crippen molar-refractivity contribution < 1.29 is 19.4 Å². The Labute approximate surface area is 144 Å². The van der Waals surface area contributed by atoms with Gasteiger partial charge in [-0.2, -0.15) is 0 Å². The van der Waals surface area contributed by atoms with E-state index in [4.69, 9.17) is 0 Å². The minimum Gasteiger partial charge on any atom is -0.351 e. The summed E-state index contributed by atoms with van der Waals surface area (Å²) < 4.78 is 0. The summed E-state index contributed by atoms with van der Waals surface area (Å²) in [6, 6.07) is 7.98. The Hall–Kier alpha value is -1.92. The van der Waals surface area contributed by atoms with Crippen molar-refractivity contribution in [3.8, 4) is 0 Å². The molecule has 1 aromatic rings. The molecule has 1 aliphatic heterocycles. The zero-order valence-electron chi connectivity index (χ0n) is 14.8. The molecule has 1 heterocycles. The van der Waals surface area contributed by atoms with Gasteiger partial charge in [0.1, 0.15) is 26.2 Å². The third kappa shape index (κ3) is 5.94. The standard InChI is InChI=1S/C18H28N4O2/c1-3-16-6-4-5-7-17(16)20-18(24)14-22-12-10-21(11-13-22)9-8-19-15(2)23/h4-7H,3,8-14H2,1-2H3,(H,19,23)(H,20,24)/p+2. The Morgan fingerprint density at radius 2 is 1.75 bits per heavy atom. The maximum absolute atomic E-state index is 12.3. The van der Waals surface area contributed by atoms with Crippen LogP contribution in [0.25, 0.3) is 0 Å². The van der Waals surface area contributed by atoms with E-state index >= 15 is 0 Å². The van der Waals surface area contributed by atoms with Crippen molar-refractivity contribution in [1.29, 1.82) is 0 Å². The van der Waals surface area contributed by atoms with Crippen LogP contribution in [-0.2, 0) is 16.0 Å². The molecule has 4 N–H and O–H groups in total. The first kappa shape index (κ1) is 18.4. The predicted octanol–water partition coefficient (Wildman–Crippen LogP) is -1.89. The number of rotatable bonds is 7. The molecule has 1 aromatic carbocycles. The van der Waals surface area contributed by atoms with Crippen molar-refractivity contribution in [2.45, 2.75) is 20.3 Å². The number of anilines is 1. The summed E-state index contributed by atoms with van der Waals surface area (Å²) in [5.41, 5.74) is 2.11. The average Bonchev–Trinajstić information content (AvgIpc) is 2.56. The second-order valence-electron chi connectivity index (χ2n) is 6.47. The normalized spacial score (nSPS) is 20.4. The van der Waals surface area contributed by atoms with Gasteiger partial charge in [0.2, 0.25) is 5.91 Å². The Bertz CT molecular complexity index is 554. The molecule has 0 aromatic heterocycles. The van der Waals surface area contributed by atoms with E-state index in [2.05, 4.69) is 23.6 Å². The summed E-state index contributed by atoms with van der Waals surface area (Å²) in [4.78, 5) is 26.0. The molecular weight excluding hydrogens is 304 g/mol. The van der Waals surface area contributed by atoms with Gasteiger partial charge in [-0.05, 0) is 18.1 Å². The molecule has 0 spiro atoms. The summed E-state index contributed by atoms with van der Waals surface area (Å²) in [6.07, 6.45) is 0.916. The lowest BCUT2D eigenvalue weighted by atomic mass is 10.1. The number of hydrogen-bond donors (Lipinski definition) is 4. The van der Waals surface area contributed by atoms with Gasteiger partial charge in [-0.15, -0.1) is 0 Å². The Kier molecular flexibility index (Phi) is 7.21. The zero-order valence-corrected chi connectivity index (χ0v) is 14.8. The van der Waals surface area contributed by atoms with Crippen LogP contribution in [0, 0.1) is 0 Å². The molecular formula is C18H30N4O2+2. The van der Waals surface area contributed by atoms with Gasteiger partial charge >= 0.3 is 0 Å². The lowest BCUT2D eigenvalue weighted by Crippen LogP contribution is -3.28. The van der Waals surface area contributed by atoms with Crippen LogP contribution in [0.5, 0.6) is 0 Å². The summed E-state index contributed by atoms with van der Waals surface area (Å²) in [5.74, 6) is 0.121. The lowest BCUT2D eigenvalue weighted by Gasteiger charge is -2.29. The van der Waals surface area contributed by atoms with E-state index < -0.39 is 0 Å². The predicted molar refractivity (Wildman–Crippen MR) is 94.3 cm³/mol. The van der Waals surface area contributed by atoms with Gasteiger partial charge in [0.15, 0.2) is 6.54 Å². The van der Waals surface area contributed by atoms with Crippen molar-refractivity contribution in [3.63, 3.8) is 0 Å². The van der Waals surface area contributed by atoms with Crippen molar-refractivity contribution in [2.75, 3.05) is 51.1 Å². The molecule has 132 valence electrons. The maximum atomic E-state index is 12.3. The van der Waals surface area contributed by atoms with Crippen LogP contribution < -0.4 is 20.4 Å². The third-order valence-corrected chi connectivity index (χ3v) is 4.60. The van der Waals surface area contributed by atoms with Crippen LogP contribution in [0.1, 0.15) is 19.4 Å². The van der Waals surface area contributed by atoms with Gasteiger partial charge < -0.3 is 20.4 Å². The SMILES string of the molecule is CCc1ccccc1NC(=O)C[NH+]1CC[NH+](CCNC(C)=O)CC1. The number of carbonyl (C=O) groups is 2. The van der Waals surface area contributed by atoms with Crippen LogP contribution in [0.4, 0.5) is 5.69 Å². The van der Waals surface area contributed by atoms with Gasteiger partial charge in [-0.25, -0.2) is 0 Å². The molecule has 0 unspecified atom stereocenters. The molecule has 0 aliphatic carbocycles. The number of nitrogens with one attached hydrogen (secondary N) is 4. The molecule has 1 fully saturated rings. The smallest absolute Gasteiger partial charge is 0.279 e. The number of para-hydroxylation sites is 1. The molecule has 6 heteroatoms. The fourth-order valence-electron chi connectivity index (χ4n) is 3.17. The van der Waals surface area contributed by atoms with Crippen molar-refractivity contribution in [3.05, 3.63) is 29.8 Å². The molecule has 0 bridgehead atoms. The van der Waals surface area contributed by atoms with E-state index in [0.29, 0.717) is 6.54 Å². The molecule has 2 amide bonds. The number of amides is 2. The highest BCUT2D eigenvalue weighted by Gasteiger charge is 2.24. The molecule has 0 saturated carbocycles. The van der Waals surface area contributed by atoms with E-state index in [1.54, 1.807) is 6.92 Å². The molecule has 24 heavy (non-hydrogen) atoms. The summed E-state index contributed by atoms with van der Waals surface area (Å²) in [6.45, 7) is 9.96. The number of benzene rings is 1. The average molecular weight is 334 g/mol. The second-order valence-corrected chi connectivity index (χ2v) is 6.47. The zero-order chi connectivity index (χ0) is 17.4. The van der Waals surface area contributed by atoms with Crippen LogP contribution in [0.2, 0.25) is 0 Å². The Morgan fingerprint density at radius 1 is 1.08 bits per heavy atom. The van der Waals surface area contributed by atoms with Gasteiger partial charge in [-0.1, -0.05) is 25.1 Å². The lowest BCUT2D eigenvalue weighted by molar-refractivity contribution is -1.01. The number of piperazine rings is 1. The van der Waals surface area contributed by atoms with Crippen molar-refractivity contribution in [2.24, 2.45) is 0 Å². The topological polar surface area (TPSA) is 67.1 Å². The van der Waals surface area contributed by atoms with Crippen LogP contribution in [-0.4, -0.2) is 57.6 Å². The molecule has 0 radical (unpaired) electrons. The van der Waals surface area contributed by atoms with Gasteiger partial charge in [0.25, 0.3) is 5.91 Å². The van der Waals surface area contributed by atoms with Gasteiger partial charge in [-0.3, -0.25) is 9.59 Å². The summed E-state index contributed by atoms with van der Waals surface area (Å²) in [7, 11) is 0.